The third kappa shape index (κ3) is 4.41. The van der Waals surface area contributed by atoms with Gasteiger partial charge in [-0.25, -0.2) is 0 Å². The second-order valence-corrected chi connectivity index (χ2v) is 7.37. The SMILES string of the molecule is CN(Cc1ccc(CNC(C)(C)C)s1)C1CC1. The first-order valence-electron chi connectivity index (χ1n) is 6.47. The van der Waals surface area contributed by atoms with Crippen LogP contribution in [0.25, 0.3) is 0 Å². The summed E-state index contributed by atoms with van der Waals surface area (Å²) in [5, 5.41) is 3.54. The van der Waals surface area contributed by atoms with Crippen molar-refractivity contribution in [2.24, 2.45) is 0 Å². The Balaban J connectivity index is 1.82. The normalized spacial score (nSPS) is 16.8. The van der Waals surface area contributed by atoms with Crippen LogP contribution in [0.4, 0.5) is 0 Å². The second-order valence-electron chi connectivity index (χ2n) is 6.12. The summed E-state index contributed by atoms with van der Waals surface area (Å²) in [7, 11) is 2.24. The summed E-state index contributed by atoms with van der Waals surface area (Å²) in [6.07, 6.45) is 2.78. The Kier molecular flexibility index (Phi) is 3.91. The van der Waals surface area contributed by atoms with Gasteiger partial charge in [-0.3, -0.25) is 4.90 Å². The summed E-state index contributed by atoms with van der Waals surface area (Å²) in [6.45, 7) is 8.74. The zero-order chi connectivity index (χ0) is 12.5. The van der Waals surface area contributed by atoms with E-state index in [4.69, 9.17) is 0 Å². The largest absolute Gasteiger partial charge is 0.307 e. The molecule has 3 heteroatoms. The van der Waals surface area contributed by atoms with Crippen molar-refractivity contribution in [2.45, 2.75) is 58.3 Å². The van der Waals surface area contributed by atoms with E-state index in [-0.39, 0.29) is 5.54 Å². The number of hydrogen-bond donors (Lipinski definition) is 1. The smallest absolute Gasteiger partial charge is 0.0327 e. The van der Waals surface area contributed by atoms with Crippen LogP contribution in [0, 0.1) is 0 Å². The molecule has 1 N–H and O–H groups in total. The first-order valence-corrected chi connectivity index (χ1v) is 7.28. The van der Waals surface area contributed by atoms with Crippen LogP contribution in [0.1, 0.15) is 43.4 Å². The molecule has 1 saturated carbocycles. The first kappa shape index (κ1) is 13.1. The minimum atomic E-state index is 0.203. The summed E-state index contributed by atoms with van der Waals surface area (Å²) in [5.74, 6) is 0. The van der Waals surface area contributed by atoms with Crippen molar-refractivity contribution in [1.82, 2.24) is 10.2 Å². The van der Waals surface area contributed by atoms with Gasteiger partial charge in [0.05, 0.1) is 0 Å². The lowest BCUT2D eigenvalue weighted by Crippen LogP contribution is -2.34. The minimum Gasteiger partial charge on any atom is -0.307 e. The third-order valence-electron chi connectivity index (χ3n) is 3.09. The van der Waals surface area contributed by atoms with Gasteiger partial charge < -0.3 is 5.32 Å². The Morgan fingerprint density at radius 2 is 1.94 bits per heavy atom. The zero-order valence-electron chi connectivity index (χ0n) is 11.4. The first-order chi connectivity index (χ1) is 7.94. The van der Waals surface area contributed by atoms with E-state index in [1.807, 2.05) is 11.3 Å². The molecule has 96 valence electrons. The van der Waals surface area contributed by atoms with Gasteiger partial charge in [-0.05, 0) is 52.8 Å². The number of rotatable bonds is 5. The van der Waals surface area contributed by atoms with E-state index >= 15 is 0 Å². The fraction of sp³-hybridized carbons (Fsp3) is 0.714. The van der Waals surface area contributed by atoms with E-state index in [1.165, 1.54) is 22.6 Å². The molecule has 0 amide bonds. The Hall–Kier alpha value is -0.380. The molecule has 1 heterocycles. The zero-order valence-corrected chi connectivity index (χ0v) is 12.2. The van der Waals surface area contributed by atoms with Gasteiger partial charge in [0.1, 0.15) is 0 Å². The molecule has 2 nitrogen and oxygen atoms in total. The fourth-order valence-electron chi connectivity index (χ4n) is 1.84. The van der Waals surface area contributed by atoms with Gasteiger partial charge in [-0.2, -0.15) is 0 Å². The molecule has 0 atom stereocenters. The van der Waals surface area contributed by atoms with Crippen LogP contribution < -0.4 is 5.32 Å². The van der Waals surface area contributed by atoms with Crippen LogP contribution >= 0.6 is 11.3 Å². The molecule has 1 fully saturated rings. The number of hydrogen-bond acceptors (Lipinski definition) is 3. The third-order valence-corrected chi connectivity index (χ3v) is 4.16. The average Bonchev–Trinajstić information content (AvgIpc) is 2.97. The summed E-state index contributed by atoms with van der Waals surface area (Å²) in [4.78, 5) is 5.41. The molecular weight excluding hydrogens is 228 g/mol. The lowest BCUT2D eigenvalue weighted by atomic mass is 10.1. The summed E-state index contributed by atoms with van der Waals surface area (Å²) in [5.41, 5.74) is 0.203. The van der Waals surface area contributed by atoms with Crippen molar-refractivity contribution in [2.75, 3.05) is 7.05 Å². The highest BCUT2D eigenvalue weighted by Gasteiger charge is 2.26. The maximum atomic E-state index is 3.54. The van der Waals surface area contributed by atoms with E-state index in [0.29, 0.717) is 0 Å². The lowest BCUT2D eigenvalue weighted by molar-refractivity contribution is 0.319. The molecule has 0 saturated heterocycles. The van der Waals surface area contributed by atoms with E-state index in [2.05, 4.69) is 50.2 Å². The Bertz CT molecular complexity index is 361. The molecule has 2 rings (SSSR count). The number of thiophene rings is 1. The lowest BCUT2D eigenvalue weighted by Gasteiger charge is -2.19. The van der Waals surface area contributed by atoms with Gasteiger partial charge in [-0.15, -0.1) is 11.3 Å². The molecule has 1 aromatic heterocycles. The quantitative estimate of drug-likeness (QED) is 0.865. The summed E-state index contributed by atoms with van der Waals surface area (Å²) >= 11 is 1.94. The van der Waals surface area contributed by atoms with Crippen molar-refractivity contribution in [3.05, 3.63) is 21.9 Å². The van der Waals surface area contributed by atoms with Gasteiger partial charge >= 0.3 is 0 Å². The highest BCUT2D eigenvalue weighted by atomic mass is 32.1. The monoisotopic (exact) mass is 252 g/mol. The van der Waals surface area contributed by atoms with Crippen molar-refractivity contribution in [3.63, 3.8) is 0 Å². The Morgan fingerprint density at radius 3 is 2.53 bits per heavy atom. The van der Waals surface area contributed by atoms with Crippen LogP contribution in [-0.4, -0.2) is 23.5 Å². The Labute approximate surface area is 109 Å². The highest BCUT2D eigenvalue weighted by Crippen LogP contribution is 2.28. The van der Waals surface area contributed by atoms with E-state index in [0.717, 1.165) is 19.1 Å². The van der Waals surface area contributed by atoms with Gasteiger partial charge in [0.15, 0.2) is 0 Å². The molecule has 1 aliphatic carbocycles. The van der Waals surface area contributed by atoms with Crippen molar-refractivity contribution in [1.29, 1.82) is 0 Å². The molecule has 17 heavy (non-hydrogen) atoms. The van der Waals surface area contributed by atoms with Crippen molar-refractivity contribution >= 4 is 11.3 Å². The molecule has 0 radical (unpaired) electrons. The molecule has 0 aliphatic heterocycles. The van der Waals surface area contributed by atoms with Gasteiger partial charge in [0.2, 0.25) is 0 Å². The van der Waals surface area contributed by atoms with Crippen LogP contribution in [0.5, 0.6) is 0 Å². The van der Waals surface area contributed by atoms with Crippen molar-refractivity contribution < 1.29 is 0 Å². The van der Waals surface area contributed by atoms with E-state index in [9.17, 15) is 0 Å². The molecule has 1 aromatic rings. The van der Waals surface area contributed by atoms with Crippen LogP contribution in [-0.2, 0) is 13.1 Å². The van der Waals surface area contributed by atoms with Crippen LogP contribution in [0.3, 0.4) is 0 Å². The predicted molar refractivity (Wildman–Crippen MR) is 75.4 cm³/mol. The highest BCUT2D eigenvalue weighted by molar-refractivity contribution is 7.11. The summed E-state index contributed by atoms with van der Waals surface area (Å²) < 4.78 is 0. The predicted octanol–water partition coefficient (Wildman–Crippen LogP) is 3.23. The average molecular weight is 252 g/mol. The van der Waals surface area contributed by atoms with Crippen LogP contribution in [0.2, 0.25) is 0 Å². The van der Waals surface area contributed by atoms with E-state index < -0.39 is 0 Å². The summed E-state index contributed by atoms with van der Waals surface area (Å²) in [6, 6.07) is 5.40. The number of nitrogens with zero attached hydrogens (tertiary/aromatic N) is 1. The van der Waals surface area contributed by atoms with E-state index in [1.54, 1.807) is 0 Å². The fourth-order valence-corrected chi connectivity index (χ4v) is 2.87. The molecule has 0 aromatic carbocycles. The molecule has 0 bridgehead atoms. The molecule has 0 spiro atoms. The maximum absolute atomic E-state index is 3.54. The molecular formula is C14H24N2S. The number of nitrogens with one attached hydrogen (secondary N) is 1. The van der Waals surface area contributed by atoms with Gasteiger partial charge in [0, 0.05) is 34.4 Å². The minimum absolute atomic E-state index is 0.203. The molecule has 1 aliphatic rings. The standard InChI is InChI=1S/C14H24N2S/c1-14(2,3)15-9-12-7-8-13(17-12)10-16(4)11-5-6-11/h7-8,11,15H,5-6,9-10H2,1-4H3. The molecule has 0 unspecified atom stereocenters. The van der Waals surface area contributed by atoms with Crippen molar-refractivity contribution in [3.8, 4) is 0 Å². The Morgan fingerprint density at radius 1 is 1.29 bits per heavy atom. The van der Waals surface area contributed by atoms with Crippen LogP contribution in [0.15, 0.2) is 12.1 Å². The van der Waals surface area contributed by atoms with Gasteiger partial charge in [0.25, 0.3) is 0 Å². The maximum Gasteiger partial charge on any atom is 0.0327 e. The second kappa shape index (κ2) is 5.09. The van der Waals surface area contributed by atoms with Gasteiger partial charge in [-0.1, -0.05) is 0 Å². The topological polar surface area (TPSA) is 15.3 Å².